The third-order valence-corrected chi connectivity index (χ3v) is 10.1. The van der Waals surface area contributed by atoms with Crippen molar-refractivity contribution in [1.29, 1.82) is 0 Å². The molecule has 268 valence electrons. The molecule has 0 saturated heterocycles. The SMILES string of the molecule is CCCCCCCCCCCCC(OC(CCCCCCCCCCCC)(c1ccccc1)C(O)CO)(c1ccccc1)C(O)CO. The normalized spacial score (nSPS) is 15.6. The highest BCUT2D eigenvalue weighted by atomic mass is 16.6. The Labute approximate surface area is 288 Å². The number of ether oxygens (including phenoxy) is 1. The van der Waals surface area contributed by atoms with E-state index in [0.29, 0.717) is 12.8 Å². The number of hydrogen-bond donors (Lipinski definition) is 4. The summed E-state index contributed by atoms with van der Waals surface area (Å²) in [5, 5.41) is 44.3. The van der Waals surface area contributed by atoms with Crippen LogP contribution in [0.4, 0.5) is 0 Å². The lowest BCUT2D eigenvalue weighted by Gasteiger charge is -2.48. The largest absolute Gasteiger partial charge is 0.394 e. The van der Waals surface area contributed by atoms with E-state index in [1.807, 2.05) is 60.7 Å². The summed E-state index contributed by atoms with van der Waals surface area (Å²) in [6.07, 6.45) is 22.4. The lowest BCUT2D eigenvalue weighted by atomic mass is 9.78. The van der Waals surface area contributed by atoms with Crippen LogP contribution in [-0.2, 0) is 15.9 Å². The molecule has 0 aliphatic carbocycles. The van der Waals surface area contributed by atoms with Gasteiger partial charge in [0.1, 0.15) is 23.4 Å². The minimum Gasteiger partial charge on any atom is -0.394 e. The maximum Gasteiger partial charge on any atom is 0.122 e. The van der Waals surface area contributed by atoms with Crippen LogP contribution in [0.2, 0.25) is 0 Å². The Morgan fingerprint density at radius 3 is 1.00 bits per heavy atom. The van der Waals surface area contributed by atoms with Gasteiger partial charge < -0.3 is 25.2 Å². The van der Waals surface area contributed by atoms with Crippen molar-refractivity contribution >= 4 is 0 Å². The van der Waals surface area contributed by atoms with Crippen LogP contribution in [0.1, 0.15) is 166 Å². The number of hydrogen-bond acceptors (Lipinski definition) is 5. The highest BCUT2D eigenvalue weighted by Gasteiger charge is 2.51. The van der Waals surface area contributed by atoms with Crippen LogP contribution >= 0.6 is 0 Å². The molecule has 0 radical (unpaired) electrons. The van der Waals surface area contributed by atoms with Gasteiger partial charge in [0, 0.05) is 0 Å². The highest BCUT2D eigenvalue weighted by Crippen LogP contribution is 2.46. The van der Waals surface area contributed by atoms with Crippen LogP contribution in [0.5, 0.6) is 0 Å². The third kappa shape index (κ3) is 14.3. The smallest absolute Gasteiger partial charge is 0.122 e. The Morgan fingerprint density at radius 2 is 0.723 bits per heavy atom. The van der Waals surface area contributed by atoms with Crippen molar-refractivity contribution in [2.45, 2.75) is 179 Å². The second kappa shape index (κ2) is 25.2. The lowest BCUT2D eigenvalue weighted by molar-refractivity contribution is -0.260. The highest BCUT2D eigenvalue weighted by molar-refractivity contribution is 5.29. The van der Waals surface area contributed by atoms with Gasteiger partial charge in [-0.25, -0.2) is 0 Å². The molecule has 2 rings (SSSR count). The fraction of sp³-hybridized carbons (Fsp3) is 0.714. The van der Waals surface area contributed by atoms with Crippen molar-refractivity contribution in [1.82, 2.24) is 0 Å². The zero-order valence-corrected chi connectivity index (χ0v) is 30.1. The summed E-state index contributed by atoms with van der Waals surface area (Å²) in [5.41, 5.74) is -0.960. The Bertz CT molecular complexity index is 906. The van der Waals surface area contributed by atoms with E-state index in [2.05, 4.69) is 13.8 Å². The van der Waals surface area contributed by atoms with E-state index in [0.717, 1.165) is 49.7 Å². The molecule has 0 spiro atoms. The van der Waals surface area contributed by atoms with Crippen molar-refractivity contribution in [2.24, 2.45) is 0 Å². The van der Waals surface area contributed by atoms with Gasteiger partial charge in [-0.05, 0) is 24.0 Å². The zero-order chi connectivity index (χ0) is 34.1. The number of rotatable bonds is 30. The van der Waals surface area contributed by atoms with Crippen LogP contribution in [0.3, 0.4) is 0 Å². The van der Waals surface area contributed by atoms with Crippen LogP contribution < -0.4 is 0 Å². The van der Waals surface area contributed by atoms with Crippen molar-refractivity contribution in [3.63, 3.8) is 0 Å². The minimum absolute atomic E-state index is 0.467. The Morgan fingerprint density at radius 1 is 0.447 bits per heavy atom. The number of aliphatic hydroxyl groups excluding tert-OH is 4. The Balaban J connectivity index is 2.27. The molecule has 0 aliphatic heterocycles. The van der Waals surface area contributed by atoms with Gasteiger partial charge in [0.15, 0.2) is 0 Å². The fourth-order valence-electron chi connectivity index (χ4n) is 7.17. The molecule has 2 aromatic rings. The van der Waals surface area contributed by atoms with Crippen molar-refractivity contribution in [3.8, 4) is 0 Å². The maximum absolute atomic E-state index is 11.7. The molecule has 0 bridgehead atoms. The monoisotopic (exact) mass is 655 g/mol. The van der Waals surface area contributed by atoms with E-state index >= 15 is 0 Å². The third-order valence-electron chi connectivity index (χ3n) is 10.1. The van der Waals surface area contributed by atoms with Crippen molar-refractivity contribution in [2.75, 3.05) is 13.2 Å². The van der Waals surface area contributed by atoms with E-state index in [-0.39, 0.29) is 0 Å². The molecule has 47 heavy (non-hydrogen) atoms. The van der Waals surface area contributed by atoms with E-state index in [1.54, 1.807) is 0 Å². The Kier molecular flexibility index (Phi) is 22.2. The predicted octanol–water partition coefficient (Wildman–Crippen LogP) is 10.1. The summed E-state index contributed by atoms with van der Waals surface area (Å²) in [4.78, 5) is 0. The molecular formula is C42H70O5. The van der Waals surface area contributed by atoms with Crippen LogP contribution in [0, 0.1) is 0 Å². The second-order valence-corrected chi connectivity index (χ2v) is 13.9. The molecule has 5 nitrogen and oxygen atoms in total. The molecular weight excluding hydrogens is 584 g/mol. The summed E-state index contributed by atoms with van der Waals surface area (Å²) in [6, 6.07) is 19.4. The average Bonchev–Trinajstić information content (AvgIpc) is 3.12. The molecule has 4 atom stereocenters. The van der Waals surface area contributed by atoms with Crippen LogP contribution in [0.15, 0.2) is 60.7 Å². The van der Waals surface area contributed by atoms with E-state index in [9.17, 15) is 20.4 Å². The predicted molar refractivity (Wildman–Crippen MR) is 196 cm³/mol. The van der Waals surface area contributed by atoms with Crippen molar-refractivity contribution < 1.29 is 25.2 Å². The van der Waals surface area contributed by atoms with Gasteiger partial charge in [-0.1, -0.05) is 203 Å². The van der Waals surface area contributed by atoms with E-state index < -0.39 is 36.6 Å². The average molecular weight is 655 g/mol. The molecule has 0 saturated carbocycles. The van der Waals surface area contributed by atoms with Crippen LogP contribution in [0.25, 0.3) is 0 Å². The van der Waals surface area contributed by atoms with Gasteiger partial charge in [-0.2, -0.15) is 0 Å². The number of aliphatic hydroxyl groups is 4. The standard InChI is InChI=1S/C42H70O5/c1-3-5-7-9-11-13-15-17-19-27-33-41(39(45)35-43,37-29-23-21-24-30-37)47-42(40(46)36-44,38-31-25-22-26-32-38)34-28-20-18-16-14-12-10-8-6-4-2/h21-26,29-32,39-40,43-46H,3-20,27-28,33-36H2,1-2H3. The summed E-state index contributed by atoms with van der Waals surface area (Å²) >= 11 is 0. The van der Waals surface area contributed by atoms with Crippen LogP contribution in [-0.4, -0.2) is 45.8 Å². The molecule has 0 aliphatic rings. The topological polar surface area (TPSA) is 90.2 Å². The molecule has 4 N–H and O–H groups in total. The second-order valence-electron chi connectivity index (χ2n) is 13.9. The number of unbranched alkanes of at least 4 members (excludes halogenated alkanes) is 18. The van der Waals surface area contributed by atoms with Crippen molar-refractivity contribution in [3.05, 3.63) is 71.8 Å². The quantitative estimate of drug-likeness (QED) is 0.0630. The van der Waals surface area contributed by atoms with E-state index in [4.69, 9.17) is 4.74 Å². The first-order chi connectivity index (χ1) is 23.0. The Hall–Kier alpha value is -1.76. The summed E-state index contributed by atoms with van der Waals surface area (Å²) in [5.74, 6) is 0. The summed E-state index contributed by atoms with van der Waals surface area (Å²) in [7, 11) is 0. The van der Waals surface area contributed by atoms with Gasteiger partial charge in [0.05, 0.1) is 13.2 Å². The minimum atomic E-state index is -1.26. The molecule has 0 fully saturated rings. The first-order valence-corrected chi connectivity index (χ1v) is 19.4. The first kappa shape index (κ1) is 41.4. The zero-order valence-electron chi connectivity index (χ0n) is 30.1. The molecule has 0 amide bonds. The van der Waals surface area contributed by atoms with Gasteiger partial charge >= 0.3 is 0 Å². The first-order valence-electron chi connectivity index (χ1n) is 19.4. The molecule has 5 heteroatoms. The maximum atomic E-state index is 11.7. The molecule has 0 heterocycles. The van der Waals surface area contributed by atoms with Gasteiger partial charge in [0.2, 0.25) is 0 Å². The molecule has 2 aromatic carbocycles. The van der Waals surface area contributed by atoms with E-state index in [1.165, 1.54) is 89.9 Å². The lowest BCUT2D eigenvalue weighted by Crippen LogP contribution is -2.55. The number of benzene rings is 2. The van der Waals surface area contributed by atoms with Gasteiger partial charge in [-0.15, -0.1) is 0 Å². The fourth-order valence-corrected chi connectivity index (χ4v) is 7.17. The molecule has 4 unspecified atom stereocenters. The van der Waals surface area contributed by atoms with Gasteiger partial charge in [0.25, 0.3) is 0 Å². The molecule has 0 aromatic heterocycles. The summed E-state index contributed by atoms with van der Waals surface area (Å²) in [6.45, 7) is 3.56. The van der Waals surface area contributed by atoms with Gasteiger partial charge in [-0.3, -0.25) is 0 Å². The summed E-state index contributed by atoms with van der Waals surface area (Å²) < 4.78 is 7.25.